The molecule has 1 aromatic heterocycles. The molecule has 2 aromatic carbocycles. The van der Waals surface area contributed by atoms with Crippen molar-refractivity contribution in [2.24, 2.45) is 0 Å². The van der Waals surface area contributed by atoms with Gasteiger partial charge in [-0.3, -0.25) is 14.5 Å². The zero-order chi connectivity index (χ0) is 21.1. The Morgan fingerprint density at radius 2 is 1.83 bits per heavy atom. The molecule has 1 aliphatic heterocycles. The Morgan fingerprint density at radius 1 is 1.03 bits per heavy atom. The first-order chi connectivity index (χ1) is 14.5. The number of hydrogen-bond acceptors (Lipinski definition) is 3. The lowest BCUT2D eigenvalue weighted by Gasteiger charge is -2.13. The number of aromatic carboxylic acids is 1. The van der Waals surface area contributed by atoms with Gasteiger partial charge >= 0.3 is 5.97 Å². The highest BCUT2D eigenvalue weighted by atomic mass is 16.4. The number of amides is 2. The van der Waals surface area contributed by atoms with E-state index in [0.29, 0.717) is 24.2 Å². The van der Waals surface area contributed by atoms with Crippen molar-refractivity contribution in [1.82, 2.24) is 9.88 Å². The average molecular weight is 400 g/mol. The summed E-state index contributed by atoms with van der Waals surface area (Å²) in [6.07, 6.45) is 2.39. The Morgan fingerprint density at radius 3 is 2.60 bits per heavy atom. The molecule has 0 aliphatic carbocycles. The molecule has 0 radical (unpaired) electrons. The molecule has 1 fully saturated rings. The fourth-order valence-corrected chi connectivity index (χ4v) is 3.52. The number of carbonyl (C=O) groups excluding carboxylic acids is 2. The van der Waals surface area contributed by atoms with E-state index >= 15 is 0 Å². The van der Waals surface area contributed by atoms with Crippen LogP contribution in [0, 0.1) is 0 Å². The zero-order valence-electron chi connectivity index (χ0n) is 16.2. The summed E-state index contributed by atoms with van der Waals surface area (Å²) in [6.45, 7) is 0.358. The van der Waals surface area contributed by atoms with Crippen molar-refractivity contribution in [2.45, 2.75) is 12.8 Å². The molecule has 6 nitrogen and oxygen atoms in total. The molecule has 4 rings (SSSR count). The minimum Gasteiger partial charge on any atom is -0.478 e. The van der Waals surface area contributed by atoms with E-state index in [-0.39, 0.29) is 23.8 Å². The molecule has 0 bridgehead atoms. The van der Waals surface area contributed by atoms with Crippen molar-refractivity contribution in [2.75, 3.05) is 6.54 Å². The summed E-state index contributed by atoms with van der Waals surface area (Å²) >= 11 is 0. The van der Waals surface area contributed by atoms with Crippen LogP contribution in [0.1, 0.15) is 28.0 Å². The number of likely N-dealkylation sites (tertiary alicyclic amines) is 1. The summed E-state index contributed by atoms with van der Waals surface area (Å²) in [6, 6.07) is 20.0. The van der Waals surface area contributed by atoms with Crippen LogP contribution in [0.5, 0.6) is 0 Å². The number of aromatic amines is 1. The van der Waals surface area contributed by atoms with Gasteiger partial charge in [0.2, 0.25) is 5.91 Å². The summed E-state index contributed by atoms with van der Waals surface area (Å²) in [5.41, 5.74) is 3.88. The summed E-state index contributed by atoms with van der Waals surface area (Å²) in [5, 5.41) is 9.15. The van der Waals surface area contributed by atoms with E-state index in [0.717, 1.165) is 16.8 Å². The predicted molar refractivity (Wildman–Crippen MR) is 113 cm³/mol. The van der Waals surface area contributed by atoms with Crippen LogP contribution in [-0.2, 0) is 16.0 Å². The fraction of sp³-hybridized carbons (Fsp3) is 0.125. The largest absolute Gasteiger partial charge is 0.478 e. The molecule has 0 saturated carbocycles. The van der Waals surface area contributed by atoms with Gasteiger partial charge in [-0.15, -0.1) is 0 Å². The third kappa shape index (κ3) is 4.07. The molecular formula is C24H20N2O4. The van der Waals surface area contributed by atoms with Crippen molar-refractivity contribution in [3.05, 3.63) is 89.1 Å². The van der Waals surface area contributed by atoms with Crippen LogP contribution in [-0.4, -0.2) is 39.3 Å². The Hall–Kier alpha value is -3.93. The SMILES string of the molecule is O=C(O)c1cccc(-c2ccc(/C=C3\CC(=O)N(CCc4ccccc4)C3=O)[nH]2)c1. The maximum Gasteiger partial charge on any atom is 0.335 e. The van der Waals surface area contributed by atoms with Gasteiger partial charge in [-0.05, 0) is 47.9 Å². The topological polar surface area (TPSA) is 90.5 Å². The Labute approximate surface area is 173 Å². The number of carboxylic acids is 1. The van der Waals surface area contributed by atoms with E-state index in [1.165, 1.54) is 11.0 Å². The molecule has 150 valence electrons. The quantitative estimate of drug-likeness (QED) is 0.487. The number of imide groups is 1. The predicted octanol–water partition coefficient (Wildman–Crippen LogP) is 3.76. The molecule has 2 heterocycles. The zero-order valence-corrected chi connectivity index (χ0v) is 16.2. The first-order valence-electron chi connectivity index (χ1n) is 9.63. The van der Waals surface area contributed by atoms with E-state index in [9.17, 15) is 14.4 Å². The van der Waals surface area contributed by atoms with Crippen LogP contribution in [0.4, 0.5) is 0 Å². The maximum absolute atomic E-state index is 12.7. The number of nitrogens with zero attached hydrogens (tertiary/aromatic N) is 1. The molecule has 1 aliphatic rings. The van der Waals surface area contributed by atoms with Gasteiger partial charge in [0.15, 0.2) is 0 Å². The minimum absolute atomic E-state index is 0.0798. The van der Waals surface area contributed by atoms with Gasteiger partial charge in [-0.2, -0.15) is 0 Å². The molecule has 0 spiro atoms. The lowest BCUT2D eigenvalue weighted by Crippen LogP contribution is -2.31. The van der Waals surface area contributed by atoms with E-state index in [1.54, 1.807) is 24.3 Å². The number of aromatic nitrogens is 1. The number of rotatable bonds is 6. The van der Waals surface area contributed by atoms with Crippen LogP contribution >= 0.6 is 0 Å². The van der Waals surface area contributed by atoms with Crippen molar-refractivity contribution >= 4 is 23.9 Å². The maximum atomic E-state index is 12.7. The smallest absolute Gasteiger partial charge is 0.335 e. The van der Waals surface area contributed by atoms with Crippen LogP contribution in [0.25, 0.3) is 17.3 Å². The van der Waals surface area contributed by atoms with E-state index < -0.39 is 5.97 Å². The lowest BCUT2D eigenvalue weighted by atomic mass is 10.1. The summed E-state index contributed by atoms with van der Waals surface area (Å²) in [5.74, 6) is -1.44. The van der Waals surface area contributed by atoms with Gasteiger partial charge in [0, 0.05) is 23.5 Å². The van der Waals surface area contributed by atoms with Crippen molar-refractivity contribution in [3.8, 4) is 11.3 Å². The first kappa shape index (κ1) is 19.4. The van der Waals surface area contributed by atoms with Gasteiger partial charge in [-0.1, -0.05) is 42.5 Å². The highest BCUT2D eigenvalue weighted by Crippen LogP contribution is 2.24. The van der Waals surface area contributed by atoms with E-state index in [4.69, 9.17) is 5.11 Å². The Kier molecular flexibility index (Phi) is 5.30. The van der Waals surface area contributed by atoms with Crippen molar-refractivity contribution in [3.63, 3.8) is 0 Å². The van der Waals surface area contributed by atoms with Gasteiger partial charge in [-0.25, -0.2) is 4.79 Å². The average Bonchev–Trinajstić information content (AvgIpc) is 3.32. The molecule has 0 atom stereocenters. The van der Waals surface area contributed by atoms with Crippen LogP contribution in [0.2, 0.25) is 0 Å². The second-order valence-corrected chi connectivity index (χ2v) is 7.15. The van der Waals surface area contributed by atoms with Crippen LogP contribution in [0.3, 0.4) is 0 Å². The normalized spacial score (nSPS) is 15.2. The van der Waals surface area contributed by atoms with Crippen LogP contribution in [0.15, 0.2) is 72.3 Å². The number of H-pyrrole nitrogens is 1. The highest BCUT2D eigenvalue weighted by Gasteiger charge is 2.33. The molecule has 3 aromatic rings. The van der Waals surface area contributed by atoms with Crippen LogP contribution < -0.4 is 0 Å². The standard InChI is InChI=1S/C24H20N2O4/c27-22-15-19(23(28)26(22)12-11-16-5-2-1-3-6-16)14-20-9-10-21(25-20)17-7-4-8-18(13-17)24(29)30/h1-10,13-14,25H,11-12,15H2,(H,29,30)/b19-14+. The third-order valence-corrected chi connectivity index (χ3v) is 5.09. The van der Waals surface area contributed by atoms with Gasteiger partial charge < -0.3 is 10.1 Å². The van der Waals surface area contributed by atoms with E-state index in [1.807, 2.05) is 42.5 Å². The summed E-state index contributed by atoms with van der Waals surface area (Å²) < 4.78 is 0. The molecular weight excluding hydrogens is 380 g/mol. The van der Waals surface area contributed by atoms with Gasteiger partial charge in [0.05, 0.1) is 12.0 Å². The summed E-state index contributed by atoms with van der Waals surface area (Å²) in [4.78, 5) is 40.7. The molecule has 6 heteroatoms. The number of nitrogens with one attached hydrogen (secondary N) is 1. The first-order valence-corrected chi connectivity index (χ1v) is 9.63. The Bertz CT molecular complexity index is 1140. The van der Waals surface area contributed by atoms with Gasteiger partial charge in [0.1, 0.15) is 0 Å². The fourth-order valence-electron chi connectivity index (χ4n) is 3.52. The molecule has 2 N–H and O–H groups in total. The number of benzene rings is 2. The third-order valence-electron chi connectivity index (χ3n) is 5.09. The Balaban J connectivity index is 1.49. The van der Waals surface area contributed by atoms with Gasteiger partial charge in [0.25, 0.3) is 5.91 Å². The molecule has 30 heavy (non-hydrogen) atoms. The van der Waals surface area contributed by atoms with Crippen molar-refractivity contribution in [1.29, 1.82) is 0 Å². The van der Waals surface area contributed by atoms with E-state index in [2.05, 4.69) is 4.98 Å². The minimum atomic E-state index is -0.989. The summed E-state index contributed by atoms with van der Waals surface area (Å²) in [7, 11) is 0. The monoisotopic (exact) mass is 400 g/mol. The number of hydrogen-bond donors (Lipinski definition) is 2. The number of carbonyl (C=O) groups is 3. The second kappa shape index (κ2) is 8.21. The molecule has 1 saturated heterocycles. The molecule has 2 amide bonds. The highest BCUT2D eigenvalue weighted by molar-refractivity contribution is 6.15. The lowest BCUT2D eigenvalue weighted by molar-refractivity contribution is -0.137. The molecule has 0 unspecified atom stereocenters. The second-order valence-electron chi connectivity index (χ2n) is 7.15. The van der Waals surface area contributed by atoms with Crippen molar-refractivity contribution < 1.29 is 19.5 Å². The number of carboxylic acid groups (broad SMARTS) is 1.